The average Bonchev–Trinajstić information content (AvgIpc) is 3.23. The van der Waals surface area contributed by atoms with Crippen LogP contribution in [0.15, 0.2) is 61.1 Å². The van der Waals surface area contributed by atoms with Crippen molar-refractivity contribution in [2.45, 2.75) is 24.8 Å². The fourth-order valence-corrected chi connectivity index (χ4v) is 4.16. The highest BCUT2D eigenvalue weighted by molar-refractivity contribution is 5.86. The van der Waals surface area contributed by atoms with E-state index in [2.05, 4.69) is 34.1 Å². The predicted molar refractivity (Wildman–Crippen MR) is 118 cm³/mol. The van der Waals surface area contributed by atoms with Crippen molar-refractivity contribution in [3.05, 3.63) is 66.8 Å². The number of rotatable bonds is 4. The van der Waals surface area contributed by atoms with Crippen LogP contribution in [0.5, 0.6) is 0 Å². The number of pyridine rings is 1. The smallest absolute Gasteiger partial charge is 0.165 e. The van der Waals surface area contributed by atoms with Crippen LogP contribution >= 0.6 is 0 Å². The topological polar surface area (TPSA) is 90.4 Å². The zero-order chi connectivity index (χ0) is 20.7. The van der Waals surface area contributed by atoms with E-state index in [1.165, 1.54) is 0 Å². The number of para-hydroxylation sites is 1. The number of piperidine rings is 1. The third kappa shape index (κ3) is 3.17. The number of methoxy groups -OCH3 is 1. The molecule has 30 heavy (non-hydrogen) atoms. The Morgan fingerprint density at radius 1 is 1.23 bits per heavy atom. The van der Waals surface area contributed by atoms with Crippen molar-refractivity contribution in [3.63, 3.8) is 0 Å². The fraction of sp³-hybridized carbons (Fsp3) is 0.261. The number of benzene rings is 1. The Kier molecular flexibility index (Phi) is 4.59. The van der Waals surface area contributed by atoms with E-state index < -0.39 is 0 Å². The molecule has 0 amide bonds. The molecule has 0 aliphatic carbocycles. The van der Waals surface area contributed by atoms with Gasteiger partial charge in [0.2, 0.25) is 0 Å². The molecule has 1 aliphatic rings. The fourth-order valence-electron chi connectivity index (χ4n) is 4.16. The molecule has 2 atom stereocenters. The Labute approximate surface area is 174 Å². The van der Waals surface area contributed by atoms with Gasteiger partial charge >= 0.3 is 0 Å². The molecular weight excluding hydrogens is 376 g/mol. The number of hydrogen-bond donors (Lipinski definition) is 2. The van der Waals surface area contributed by atoms with Gasteiger partial charge in [0.1, 0.15) is 11.6 Å². The van der Waals surface area contributed by atoms with Crippen molar-refractivity contribution >= 4 is 22.4 Å². The highest BCUT2D eigenvalue weighted by atomic mass is 16.5. The normalized spacial score (nSPS) is 19.2. The second-order valence-corrected chi connectivity index (χ2v) is 7.72. The minimum Gasteiger partial charge on any atom is -0.500 e. The molecule has 7 nitrogen and oxygen atoms in total. The third-order valence-corrected chi connectivity index (χ3v) is 5.90. The second kappa shape index (κ2) is 7.42. The summed E-state index contributed by atoms with van der Waals surface area (Å²) in [5.41, 5.74) is 10.9. The van der Waals surface area contributed by atoms with Crippen LogP contribution in [0.25, 0.3) is 27.7 Å². The van der Waals surface area contributed by atoms with E-state index in [1.54, 1.807) is 11.6 Å². The molecule has 0 spiro atoms. The molecule has 0 radical (unpaired) electrons. The van der Waals surface area contributed by atoms with E-state index in [9.17, 15) is 0 Å². The van der Waals surface area contributed by atoms with Gasteiger partial charge in [-0.05, 0) is 25.0 Å². The van der Waals surface area contributed by atoms with Gasteiger partial charge < -0.3 is 15.8 Å². The summed E-state index contributed by atoms with van der Waals surface area (Å²) in [6.45, 7) is 4.77. The summed E-state index contributed by atoms with van der Waals surface area (Å²) in [7, 11) is 1.66. The van der Waals surface area contributed by atoms with Crippen molar-refractivity contribution in [2.75, 3.05) is 19.4 Å². The molecule has 152 valence electrons. The number of nitrogens with two attached hydrogens (primary N) is 1. The number of nitrogens with one attached hydrogen (secondary N) is 1. The lowest BCUT2D eigenvalue weighted by molar-refractivity contribution is 0.230. The van der Waals surface area contributed by atoms with Gasteiger partial charge in [0.15, 0.2) is 5.65 Å². The van der Waals surface area contributed by atoms with Gasteiger partial charge in [0.25, 0.3) is 0 Å². The Morgan fingerprint density at radius 2 is 2.10 bits per heavy atom. The summed E-state index contributed by atoms with van der Waals surface area (Å²) < 4.78 is 6.98. The van der Waals surface area contributed by atoms with Gasteiger partial charge in [0.05, 0.1) is 30.6 Å². The van der Waals surface area contributed by atoms with Crippen LogP contribution in [-0.4, -0.2) is 39.3 Å². The maximum Gasteiger partial charge on any atom is 0.165 e. The number of aromatic nitrogens is 4. The maximum atomic E-state index is 6.33. The van der Waals surface area contributed by atoms with Crippen molar-refractivity contribution in [1.29, 1.82) is 0 Å². The van der Waals surface area contributed by atoms with Gasteiger partial charge in [-0.25, -0.2) is 4.98 Å². The lowest BCUT2D eigenvalue weighted by Gasteiger charge is -2.30. The van der Waals surface area contributed by atoms with Crippen LogP contribution in [0, 0.1) is 0 Å². The molecule has 0 saturated carbocycles. The Bertz CT molecular complexity index is 1240. The molecule has 3 N–H and O–H groups in total. The number of hydrogen-bond acceptors (Lipinski definition) is 6. The zero-order valence-corrected chi connectivity index (χ0v) is 16.9. The first-order valence-corrected chi connectivity index (χ1v) is 10.1. The Balaban J connectivity index is 1.51. The summed E-state index contributed by atoms with van der Waals surface area (Å²) in [6, 6.07) is 12.3. The molecule has 3 aromatic heterocycles. The molecule has 7 heteroatoms. The monoisotopic (exact) mass is 400 g/mol. The summed E-state index contributed by atoms with van der Waals surface area (Å²) in [5.74, 6) is 1.63. The van der Waals surface area contributed by atoms with E-state index in [1.807, 2.05) is 36.7 Å². The van der Waals surface area contributed by atoms with Crippen molar-refractivity contribution < 1.29 is 4.74 Å². The standard InChI is InChI=1S/C23H24N6O/c1-14(30-2)19-8-7-16(11-25-19)21-10-22(24)29-23(28-21)18(13-27-29)17-9-15-5-3-4-6-20(15)26-12-17/h3-6,9-10,12-13,16,19,25H,1,7-8,11,24H2,2H3. The molecule has 4 heterocycles. The Hall–Kier alpha value is -3.45. The van der Waals surface area contributed by atoms with E-state index in [-0.39, 0.29) is 12.0 Å². The van der Waals surface area contributed by atoms with Crippen molar-refractivity contribution in [1.82, 2.24) is 24.9 Å². The minimum atomic E-state index is 0.182. The first-order chi connectivity index (χ1) is 14.6. The quantitative estimate of drug-likeness (QED) is 0.510. The predicted octanol–water partition coefficient (Wildman–Crippen LogP) is 3.52. The van der Waals surface area contributed by atoms with E-state index in [0.29, 0.717) is 5.82 Å². The molecule has 5 rings (SSSR count). The zero-order valence-electron chi connectivity index (χ0n) is 16.9. The van der Waals surface area contributed by atoms with Gasteiger partial charge in [-0.15, -0.1) is 0 Å². The lowest BCUT2D eigenvalue weighted by Crippen LogP contribution is -2.39. The molecule has 1 saturated heterocycles. The molecule has 4 aromatic rings. The van der Waals surface area contributed by atoms with Crippen LogP contribution in [-0.2, 0) is 4.74 Å². The maximum absolute atomic E-state index is 6.33. The van der Waals surface area contributed by atoms with Crippen LogP contribution < -0.4 is 11.1 Å². The van der Waals surface area contributed by atoms with Crippen LogP contribution in [0.4, 0.5) is 5.82 Å². The number of nitrogens with zero attached hydrogens (tertiary/aromatic N) is 4. The summed E-state index contributed by atoms with van der Waals surface area (Å²) in [4.78, 5) is 9.55. The second-order valence-electron chi connectivity index (χ2n) is 7.72. The summed E-state index contributed by atoms with van der Waals surface area (Å²) in [5, 5.41) is 9.06. The highest BCUT2D eigenvalue weighted by Gasteiger charge is 2.26. The molecule has 1 aliphatic heterocycles. The van der Waals surface area contributed by atoms with Gasteiger partial charge in [-0.2, -0.15) is 9.61 Å². The van der Waals surface area contributed by atoms with Crippen LogP contribution in [0.1, 0.15) is 24.5 Å². The van der Waals surface area contributed by atoms with E-state index in [4.69, 9.17) is 15.5 Å². The number of ether oxygens (including phenoxy) is 1. The SMILES string of the molecule is C=C(OC)C1CCC(c2cc(N)n3ncc(-c4cnc5ccccc5c4)c3n2)CN1. The molecule has 2 unspecified atom stereocenters. The van der Waals surface area contributed by atoms with Crippen LogP contribution in [0.3, 0.4) is 0 Å². The molecule has 0 bridgehead atoms. The van der Waals surface area contributed by atoms with Crippen molar-refractivity contribution in [2.24, 2.45) is 0 Å². The largest absolute Gasteiger partial charge is 0.500 e. The molecule has 1 aromatic carbocycles. The molecular formula is C23H24N6O. The average molecular weight is 400 g/mol. The van der Waals surface area contributed by atoms with E-state index >= 15 is 0 Å². The number of anilines is 1. The number of nitrogen functional groups attached to an aromatic ring is 1. The summed E-state index contributed by atoms with van der Waals surface area (Å²) >= 11 is 0. The third-order valence-electron chi connectivity index (χ3n) is 5.90. The Morgan fingerprint density at radius 3 is 2.90 bits per heavy atom. The lowest BCUT2D eigenvalue weighted by atomic mass is 9.91. The first kappa shape index (κ1) is 18.6. The van der Waals surface area contributed by atoms with Crippen molar-refractivity contribution in [3.8, 4) is 11.1 Å². The first-order valence-electron chi connectivity index (χ1n) is 10.1. The van der Waals surface area contributed by atoms with Gasteiger partial charge in [-0.1, -0.05) is 24.8 Å². The minimum absolute atomic E-state index is 0.182. The van der Waals surface area contributed by atoms with Gasteiger partial charge in [-0.3, -0.25) is 4.98 Å². The molecule has 1 fully saturated rings. The number of fused-ring (bicyclic) bond motifs is 2. The highest BCUT2D eigenvalue weighted by Crippen LogP contribution is 2.31. The van der Waals surface area contributed by atoms with E-state index in [0.717, 1.165) is 58.5 Å². The van der Waals surface area contributed by atoms with Crippen LogP contribution in [0.2, 0.25) is 0 Å². The summed E-state index contributed by atoms with van der Waals surface area (Å²) in [6.07, 6.45) is 5.62. The van der Waals surface area contributed by atoms with Gasteiger partial charge in [0, 0.05) is 41.2 Å².